The lowest BCUT2D eigenvalue weighted by Gasteiger charge is -2.32. The second-order valence-corrected chi connectivity index (χ2v) is 15.9. The summed E-state index contributed by atoms with van der Waals surface area (Å²) < 4.78 is 11.5. The molecule has 57 heavy (non-hydrogen) atoms. The van der Waals surface area contributed by atoms with Crippen LogP contribution in [0, 0.1) is 0 Å². The smallest absolute Gasteiger partial charge is 0.135 e. The van der Waals surface area contributed by atoms with Gasteiger partial charge in [-0.25, -0.2) is 4.99 Å². The van der Waals surface area contributed by atoms with Gasteiger partial charge in [-0.15, -0.1) is 11.3 Å². The van der Waals surface area contributed by atoms with E-state index in [1.807, 2.05) is 35.6 Å². The predicted molar refractivity (Wildman–Crippen MR) is 238 cm³/mol. The van der Waals surface area contributed by atoms with Gasteiger partial charge in [0.25, 0.3) is 0 Å². The highest BCUT2D eigenvalue weighted by Gasteiger charge is 2.26. The van der Waals surface area contributed by atoms with Gasteiger partial charge in [-0.3, -0.25) is 5.32 Å². The fraction of sp³-hybridized carbons (Fsp3) is 0.0392. The van der Waals surface area contributed by atoms with Crippen LogP contribution in [0.25, 0.3) is 80.7 Å². The average molecular weight is 751 g/mol. The Bertz CT molecular complexity index is 3320. The normalized spacial score (nSPS) is 15.9. The van der Waals surface area contributed by atoms with Crippen LogP contribution in [0.5, 0.6) is 0 Å². The molecule has 4 heterocycles. The Balaban J connectivity index is 0.925. The number of amidine groups is 1. The van der Waals surface area contributed by atoms with Gasteiger partial charge in [0, 0.05) is 47.3 Å². The molecule has 3 aromatic heterocycles. The monoisotopic (exact) mass is 750 g/mol. The zero-order valence-corrected chi connectivity index (χ0v) is 31.5. The van der Waals surface area contributed by atoms with E-state index in [0.717, 1.165) is 44.5 Å². The number of furan rings is 1. The third-order valence-corrected chi connectivity index (χ3v) is 12.6. The first-order valence-electron chi connectivity index (χ1n) is 19.3. The van der Waals surface area contributed by atoms with E-state index in [0.29, 0.717) is 0 Å². The van der Waals surface area contributed by atoms with Gasteiger partial charge < -0.3 is 14.3 Å². The Morgan fingerprint density at radius 1 is 0.491 bits per heavy atom. The predicted octanol–water partition coefficient (Wildman–Crippen LogP) is 13.1. The van der Waals surface area contributed by atoms with Crippen molar-refractivity contribution in [1.82, 2.24) is 15.2 Å². The molecule has 0 saturated carbocycles. The van der Waals surface area contributed by atoms with Crippen molar-refractivity contribution in [3.8, 4) is 16.8 Å². The molecule has 11 aromatic rings. The van der Waals surface area contributed by atoms with Gasteiger partial charge in [0.05, 0.1) is 16.7 Å². The number of aliphatic imine (C=N–C) groups is 1. The molecule has 2 atom stereocenters. The van der Waals surface area contributed by atoms with E-state index in [9.17, 15) is 0 Å². The van der Waals surface area contributed by atoms with Crippen molar-refractivity contribution in [1.29, 1.82) is 0 Å². The maximum atomic E-state index is 6.53. The summed E-state index contributed by atoms with van der Waals surface area (Å²) in [6, 6.07) is 65.0. The minimum atomic E-state index is -0.261. The molecule has 0 fully saturated rings. The standard InChI is InChI=1S/C51H34N4OS/c1-3-12-31(13-4-1)49-52-50(32-14-5-2-6-15-32)54-51(53-49)35-23-25-38-40-28-33(24-27-44(40)56-45(38)29-35)34-22-26-39-47(30-34)57-46-21-11-20-43(48(39)46)55-41-18-9-7-16-36(41)37-17-8-10-19-42(37)55/h1-30,49,51,53H,(H,52,54). The van der Waals surface area contributed by atoms with Crippen molar-refractivity contribution in [2.75, 3.05) is 0 Å². The number of benzene rings is 8. The van der Waals surface area contributed by atoms with Crippen molar-refractivity contribution >= 4 is 81.1 Å². The highest BCUT2D eigenvalue weighted by Crippen LogP contribution is 2.43. The van der Waals surface area contributed by atoms with Gasteiger partial charge >= 0.3 is 0 Å². The Hall–Kier alpha value is -6.99. The largest absolute Gasteiger partial charge is 0.456 e. The second kappa shape index (κ2) is 12.8. The first kappa shape index (κ1) is 32.3. The number of nitrogens with zero attached hydrogens (tertiary/aromatic N) is 2. The fourth-order valence-corrected chi connectivity index (χ4v) is 9.95. The molecule has 6 heteroatoms. The van der Waals surface area contributed by atoms with Crippen LogP contribution in [-0.4, -0.2) is 10.4 Å². The lowest BCUT2D eigenvalue weighted by molar-refractivity contribution is 0.409. The summed E-state index contributed by atoms with van der Waals surface area (Å²) >= 11 is 1.86. The molecule has 2 N–H and O–H groups in total. The molecule has 0 amide bonds. The van der Waals surface area contributed by atoms with E-state index >= 15 is 0 Å². The third-order valence-electron chi connectivity index (χ3n) is 11.5. The molecule has 2 unspecified atom stereocenters. The number of rotatable bonds is 5. The van der Waals surface area contributed by atoms with E-state index in [2.05, 4.69) is 173 Å². The molecule has 8 aromatic carbocycles. The Kier molecular flexibility index (Phi) is 7.24. The van der Waals surface area contributed by atoms with Crippen LogP contribution in [0.4, 0.5) is 0 Å². The van der Waals surface area contributed by atoms with Crippen LogP contribution in [0.15, 0.2) is 191 Å². The zero-order valence-electron chi connectivity index (χ0n) is 30.7. The van der Waals surface area contributed by atoms with Crippen molar-refractivity contribution in [2.24, 2.45) is 4.99 Å². The summed E-state index contributed by atoms with van der Waals surface area (Å²) in [5, 5.41) is 14.7. The molecule has 0 spiro atoms. The number of hydrogen-bond acceptors (Lipinski definition) is 5. The van der Waals surface area contributed by atoms with E-state index in [4.69, 9.17) is 9.41 Å². The molecule has 0 radical (unpaired) electrons. The lowest BCUT2D eigenvalue weighted by Crippen LogP contribution is -2.44. The topological polar surface area (TPSA) is 54.5 Å². The molecule has 0 bridgehead atoms. The molecule has 1 aliphatic heterocycles. The zero-order chi connectivity index (χ0) is 37.5. The molecule has 0 saturated heterocycles. The Morgan fingerprint density at radius 3 is 2.00 bits per heavy atom. The maximum absolute atomic E-state index is 6.53. The summed E-state index contributed by atoms with van der Waals surface area (Å²) in [5.41, 5.74) is 11.0. The molecule has 0 aliphatic carbocycles. The van der Waals surface area contributed by atoms with Crippen molar-refractivity contribution in [2.45, 2.75) is 12.3 Å². The first-order chi connectivity index (χ1) is 28.2. The van der Waals surface area contributed by atoms with Crippen LogP contribution in [0.2, 0.25) is 0 Å². The van der Waals surface area contributed by atoms with Crippen molar-refractivity contribution in [3.63, 3.8) is 0 Å². The number of aromatic nitrogens is 1. The van der Waals surface area contributed by atoms with Crippen LogP contribution in [0.1, 0.15) is 29.0 Å². The van der Waals surface area contributed by atoms with Gasteiger partial charge in [-0.05, 0) is 70.8 Å². The SMILES string of the molecule is c1ccc(C2=NC(c3ccc4c(c3)oc3ccc(-c5ccc6c(c5)sc5cccc(-n7c8ccccc8c8ccccc87)c56)cc34)NC(c3ccccc3)N2)cc1. The van der Waals surface area contributed by atoms with Gasteiger partial charge in [0.2, 0.25) is 0 Å². The Labute approximate surface area is 332 Å². The quantitative estimate of drug-likeness (QED) is 0.184. The van der Waals surface area contributed by atoms with Crippen LogP contribution < -0.4 is 10.6 Å². The molecule has 5 nitrogen and oxygen atoms in total. The van der Waals surface area contributed by atoms with Gasteiger partial charge in [-0.2, -0.15) is 0 Å². The molecule has 270 valence electrons. The summed E-state index contributed by atoms with van der Waals surface area (Å²) in [5.74, 6) is 0.862. The highest BCUT2D eigenvalue weighted by atomic mass is 32.1. The minimum absolute atomic E-state index is 0.101. The second-order valence-electron chi connectivity index (χ2n) is 14.8. The first-order valence-corrected chi connectivity index (χ1v) is 20.2. The molecule has 12 rings (SSSR count). The Morgan fingerprint density at radius 2 is 1.19 bits per heavy atom. The molecule has 1 aliphatic rings. The molecular weight excluding hydrogens is 717 g/mol. The lowest BCUT2D eigenvalue weighted by atomic mass is 10.0. The summed E-state index contributed by atoms with van der Waals surface area (Å²) in [7, 11) is 0. The highest BCUT2D eigenvalue weighted by molar-refractivity contribution is 7.26. The van der Waals surface area contributed by atoms with Gasteiger partial charge in [-0.1, -0.05) is 133 Å². The van der Waals surface area contributed by atoms with Gasteiger partial charge in [0.15, 0.2) is 0 Å². The number of hydrogen-bond donors (Lipinski definition) is 2. The number of nitrogens with one attached hydrogen (secondary N) is 2. The molecular formula is C51H34N4OS. The maximum Gasteiger partial charge on any atom is 0.135 e. The fourth-order valence-electron chi connectivity index (χ4n) is 8.79. The number of fused-ring (bicyclic) bond motifs is 9. The third kappa shape index (κ3) is 5.22. The number of para-hydroxylation sites is 2. The van der Waals surface area contributed by atoms with E-state index in [1.165, 1.54) is 58.8 Å². The van der Waals surface area contributed by atoms with Crippen LogP contribution in [-0.2, 0) is 0 Å². The van der Waals surface area contributed by atoms with Crippen molar-refractivity contribution < 1.29 is 4.42 Å². The van der Waals surface area contributed by atoms with E-state index in [-0.39, 0.29) is 12.3 Å². The summed E-state index contributed by atoms with van der Waals surface area (Å²) in [4.78, 5) is 5.15. The van der Waals surface area contributed by atoms with Crippen LogP contribution >= 0.6 is 11.3 Å². The van der Waals surface area contributed by atoms with Crippen LogP contribution in [0.3, 0.4) is 0 Å². The van der Waals surface area contributed by atoms with E-state index < -0.39 is 0 Å². The van der Waals surface area contributed by atoms with Crippen molar-refractivity contribution in [3.05, 3.63) is 199 Å². The average Bonchev–Trinajstić information content (AvgIpc) is 3.95. The summed E-state index contributed by atoms with van der Waals surface area (Å²) in [6.07, 6.45) is -0.361. The summed E-state index contributed by atoms with van der Waals surface area (Å²) in [6.45, 7) is 0. The van der Waals surface area contributed by atoms with E-state index in [1.54, 1.807) is 0 Å². The number of thiophene rings is 1. The minimum Gasteiger partial charge on any atom is -0.456 e. The van der Waals surface area contributed by atoms with Gasteiger partial charge in [0.1, 0.15) is 29.3 Å².